The summed E-state index contributed by atoms with van der Waals surface area (Å²) in [6.45, 7) is -0.804. The highest BCUT2D eigenvalue weighted by Crippen LogP contribution is 2.45. The maximum absolute atomic E-state index is 15.6. The highest BCUT2D eigenvalue weighted by atomic mass is 35.5. The summed E-state index contributed by atoms with van der Waals surface area (Å²) in [6.07, 6.45) is 0.830. The highest BCUT2D eigenvalue weighted by molar-refractivity contribution is 6.42. The van der Waals surface area contributed by atoms with E-state index in [1.807, 2.05) is 0 Å². The number of nitrogens with zero attached hydrogens (tertiary/aromatic N) is 1. The minimum Gasteiger partial charge on any atom is -0.393 e. The van der Waals surface area contributed by atoms with Crippen LogP contribution in [0.2, 0.25) is 10.0 Å². The summed E-state index contributed by atoms with van der Waals surface area (Å²) in [7, 11) is 0. The SMILES string of the molecule is O=C(NCc1ccc(F)c(Cl)c1Cl)[C@]1(F)CC[C@@](O)(CO)c2ncccc21. The zero-order valence-electron chi connectivity index (χ0n) is 14.0. The standard InChI is InChI=1S/C18H16Cl2F2N2O3/c19-13-10(3-4-12(21)14(13)20)8-24-16(26)18(22)6-5-17(27,9-25)15-11(18)2-1-7-23-15/h1-4,7,25,27H,5-6,8-9H2,(H,24,26)/t17-,18+/m1/s1. The molecule has 1 amide bonds. The molecule has 1 aliphatic rings. The van der Waals surface area contributed by atoms with E-state index in [-0.39, 0.29) is 40.7 Å². The van der Waals surface area contributed by atoms with Crippen molar-refractivity contribution < 1.29 is 23.8 Å². The number of halogens is 4. The number of amides is 1. The van der Waals surface area contributed by atoms with Crippen LogP contribution in [0.3, 0.4) is 0 Å². The number of benzene rings is 1. The summed E-state index contributed by atoms with van der Waals surface area (Å²) >= 11 is 11.7. The van der Waals surface area contributed by atoms with E-state index < -0.39 is 29.6 Å². The van der Waals surface area contributed by atoms with Gasteiger partial charge < -0.3 is 15.5 Å². The zero-order chi connectivity index (χ0) is 19.8. The summed E-state index contributed by atoms with van der Waals surface area (Å²) in [4.78, 5) is 16.6. The first-order valence-electron chi connectivity index (χ1n) is 8.12. The van der Waals surface area contributed by atoms with E-state index in [1.54, 1.807) is 0 Å². The number of aliphatic hydroxyl groups excluding tert-OH is 1. The Balaban J connectivity index is 1.87. The molecule has 5 nitrogen and oxygen atoms in total. The maximum Gasteiger partial charge on any atom is 0.262 e. The van der Waals surface area contributed by atoms with Crippen LogP contribution in [0.1, 0.15) is 29.7 Å². The van der Waals surface area contributed by atoms with Crippen molar-refractivity contribution in [2.24, 2.45) is 0 Å². The van der Waals surface area contributed by atoms with Gasteiger partial charge in [0.05, 0.1) is 22.3 Å². The fourth-order valence-corrected chi connectivity index (χ4v) is 3.54. The number of hydrogen-bond donors (Lipinski definition) is 3. The Labute approximate surface area is 163 Å². The lowest BCUT2D eigenvalue weighted by Gasteiger charge is -2.38. The normalized spacial score (nSPS) is 24.4. The van der Waals surface area contributed by atoms with Crippen molar-refractivity contribution in [3.8, 4) is 0 Å². The Kier molecular flexibility index (Phi) is 5.40. The minimum absolute atomic E-state index is 0.0646. The molecule has 0 aliphatic heterocycles. The van der Waals surface area contributed by atoms with Crippen molar-refractivity contribution >= 4 is 29.1 Å². The molecular weight excluding hydrogens is 401 g/mol. The van der Waals surface area contributed by atoms with Gasteiger partial charge >= 0.3 is 0 Å². The van der Waals surface area contributed by atoms with Gasteiger partial charge in [0.1, 0.15) is 11.4 Å². The lowest BCUT2D eigenvalue weighted by Crippen LogP contribution is -2.49. The average molecular weight is 417 g/mol. The predicted molar refractivity (Wildman–Crippen MR) is 95.5 cm³/mol. The molecule has 1 aliphatic carbocycles. The molecule has 0 fully saturated rings. The summed E-state index contributed by atoms with van der Waals surface area (Å²) < 4.78 is 29.0. The highest BCUT2D eigenvalue weighted by Gasteiger charge is 2.51. The molecule has 144 valence electrons. The second-order valence-electron chi connectivity index (χ2n) is 6.41. The quantitative estimate of drug-likeness (QED) is 0.669. The first-order valence-corrected chi connectivity index (χ1v) is 8.87. The zero-order valence-corrected chi connectivity index (χ0v) is 15.5. The molecule has 9 heteroatoms. The van der Waals surface area contributed by atoms with Crippen molar-refractivity contribution in [2.45, 2.75) is 30.7 Å². The third kappa shape index (κ3) is 3.40. The number of hydrogen-bond acceptors (Lipinski definition) is 4. The Bertz CT molecular complexity index is 899. The molecule has 1 heterocycles. The molecule has 0 radical (unpaired) electrons. The van der Waals surface area contributed by atoms with Crippen LogP contribution < -0.4 is 5.32 Å². The Morgan fingerprint density at radius 1 is 1.26 bits per heavy atom. The van der Waals surface area contributed by atoms with Gasteiger partial charge in [0, 0.05) is 18.3 Å². The van der Waals surface area contributed by atoms with Crippen LogP contribution in [0, 0.1) is 5.82 Å². The molecule has 0 saturated heterocycles. The molecule has 3 rings (SSSR count). The molecule has 0 unspecified atom stereocenters. The molecule has 27 heavy (non-hydrogen) atoms. The monoisotopic (exact) mass is 416 g/mol. The van der Waals surface area contributed by atoms with Crippen LogP contribution in [-0.2, 0) is 22.6 Å². The van der Waals surface area contributed by atoms with E-state index in [1.165, 1.54) is 24.4 Å². The topological polar surface area (TPSA) is 82.5 Å². The maximum atomic E-state index is 15.6. The number of rotatable bonds is 4. The third-order valence-corrected chi connectivity index (χ3v) is 5.63. The van der Waals surface area contributed by atoms with Crippen molar-refractivity contribution in [1.82, 2.24) is 10.3 Å². The number of carbonyl (C=O) groups excluding carboxylic acids is 1. The average Bonchev–Trinajstić information content (AvgIpc) is 2.68. The predicted octanol–water partition coefficient (Wildman–Crippen LogP) is 2.98. The number of carbonyl (C=O) groups is 1. The van der Waals surface area contributed by atoms with Gasteiger partial charge in [-0.05, 0) is 30.5 Å². The Morgan fingerprint density at radius 2 is 2.00 bits per heavy atom. The van der Waals surface area contributed by atoms with Gasteiger partial charge in [-0.25, -0.2) is 8.78 Å². The van der Waals surface area contributed by atoms with Crippen LogP contribution in [0.5, 0.6) is 0 Å². The smallest absolute Gasteiger partial charge is 0.262 e. The molecular formula is C18H16Cl2F2N2O3. The Hall–Kier alpha value is -1.80. The lowest BCUT2D eigenvalue weighted by molar-refractivity contribution is -0.138. The first-order chi connectivity index (χ1) is 12.7. The molecule has 1 aromatic carbocycles. The fourth-order valence-electron chi connectivity index (χ4n) is 3.14. The minimum atomic E-state index is -2.44. The van der Waals surface area contributed by atoms with Crippen LogP contribution in [0.15, 0.2) is 30.5 Å². The van der Waals surface area contributed by atoms with Crippen LogP contribution in [-0.4, -0.2) is 27.7 Å². The number of alkyl halides is 1. The van der Waals surface area contributed by atoms with Gasteiger partial charge in [0.15, 0.2) is 0 Å². The van der Waals surface area contributed by atoms with Gasteiger partial charge in [0.2, 0.25) is 5.67 Å². The van der Waals surface area contributed by atoms with E-state index in [4.69, 9.17) is 23.2 Å². The molecule has 2 atom stereocenters. The van der Waals surface area contributed by atoms with Crippen LogP contribution >= 0.6 is 23.2 Å². The second-order valence-corrected chi connectivity index (χ2v) is 7.16. The van der Waals surface area contributed by atoms with Crippen LogP contribution in [0.25, 0.3) is 0 Å². The number of nitrogens with one attached hydrogen (secondary N) is 1. The van der Waals surface area contributed by atoms with Gasteiger partial charge in [-0.3, -0.25) is 9.78 Å². The Morgan fingerprint density at radius 3 is 2.70 bits per heavy atom. The van der Waals surface area contributed by atoms with Crippen molar-refractivity contribution in [1.29, 1.82) is 0 Å². The third-order valence-electron chi connectivity index (χ3n) is 4.73. The number of fused-ring (bicyclic) bond motifs is 1. The first kappa shape index (κ1) is 19.9. The molecule has 0 saturated carbocycles. The summed E-state index contributed by atoms with van der Waals surface area (Å²) in [5, 5.41) is 22.0. The van der Waals surface area contributed by atoms with Gasteiger partial charge in [0.25, 0.3) is 5.91 Å². The van der Waals surface area contributed by atoms with Crippen molar-refractivity contribution in [2.75, 3.05) is 6.61 Å². The number of aliphatic hydroxyl groups is 2. The molecule has 0 spiro atoms. The summed E-state index contributed by atoms with van der Waals surface area (Å²) in [5.74, 6) is -1.65. The number of aromatic nitrogens is 1. The summed E-state index contributed by atoms with van der Waals surface area (Å²) in [5.41, 5.74) is -4.00. The van der Waals surface area contributed by atoms with E-state index >= 15 is 4.39 Å². The van der Waals surface area contributed by atoms with E-state index in [0.29, 0.717) is 5.56 Å². The largest absolute Gasteiger partial charge is 0.393 e. The molecule has 2 aromatic rings. The summed E-state index contributed by atoms with van der Waals surface area (Å²) in [6, 6.07) is 5.24. The van der Waals surface area contributed by atoms with Gasteiger partial charge in [-0.15, -0.1) is 0 Å². The van der Waals surface area contributed by atoms with Gasteiger partial charge in [-0.2, -0.15) is 0 Å². The van der Waals surface area contributed by atoms with Crippen LogP contribution in [0.4, 0.5) is 8.78 Å². The molecule has 0 bridgehead atoms. The molecule has 3 N–H and O–H groups in total. The number of pyridine rings is 1. The second kappa shape index (κ2) is 7.31. The lowest BCUT2D eigenvalue weighted by atomic mass is 9.74. The van der Waals surface area contributed by atoms with Gasteiger partial charge in [-0.1, -0.05) is 35.3 Å². The van der Waals surface area contributed by atoms with E-state index in [9.17, 15) is 19.4 Å². The van der Waals surface area contributed by atoms with Crippen molar-refractivity contribution in [3.05, 3.63) is 63.1 Å². The molecule has 1 aromatic heterocycles. The fraction of sp³-hybridized carbons (Fsp3) is 0.333. The van der Waals surface area contributed by atoms with E-state index in [2.05, 4.69) is 10.3 Å². The van der Waals surface area contributed by atoms with E-state index in [0.717, 1.165) is 6.07 Å². The van der Waals surface area contributed by atoms with Crippen molar-refractivity contribution in [3.63, 3.8) is 0 Å².